The normalized spacial score (nSPS) is 46.9. The molecule has 0 N–H and O–H groups in total. The number of aliphatic imine (C=N–C) groups is 4. The predicted molar refractivity (Wildman–Crippen MR) is 184 cm³/mol. The van der Waals surface area contributed by atoms with E-state index in [0.29, 0.717) is 53.8 Å². The van der Waals surface area contributed by atoms with Crippen molar-refractivity contribution >= 4 is 24.3 Å². The van der Waals surface area contributed by atoms with E-state index >= 15 is 0 Å². The molecular formula is C39H60N4O4. The minimum absolute atomic E-state index is 0.0708. The van der Waals surface area contributed by atoms with Crippen LogP contribution in [-0.2, 0) is 19.2 Å². The molecule has 0 radical (unpaired) electrons. The highest BCUT2D eigenvalue weighted by atomic mass is 16.1. The van der Waals surface area contributed by atoms with Gasteiger partial charge in [0.25, 0.3) is 0 Å². The van der Waals surface area contributed by atoms with Gasteiger partial charge in [-0.2, -0.15) is 9.98 Å². The molecule has 47 heavy (non-hydrogen) atoms. The molecule has 8 unspecified atom stereocenters. The maximum absolute atomic E-state index is 12.1. The molecule has 0 aromatic heterocycles. The summed E-state index contributed by atoms with van der Waals surface area (Å²) in [5.74, 6) is 4.42. The zero-order valence-electron chi connectivity index (χ0n) is 30.3. The van der Waals surface area contributed by atoms with Crippen molar-refractivity contribution in [1.29, 1.82) is 0 Å². The largest absolute Gasteiger partial charge is 0.235 e. The first kappa shape index (κ1) is 37.3. The lowest BCUT2D eigenvalue weighted by Crippen LogP contribution is -2.57. The Morgan fingerprint density at radius 1 is 0.447 bits per heavy atom. The number of carbonyl (C=O) groups excluding carboxylic acids is 4. The maximum Gasteiger partial charge on any atom is 0.235 e. The van der Waals surface area contributed by atoms with Crippen LogP contribution in [0.4, 0.5) is 0 Å². The van der Waals surface area contributed by atoms with E-state index in [1.165, 1.54) is 0 Å². The molecule has 4 aliphatic rings. The lowest BCUT2D eigenvalue weighted by Gasteiger charge is -2.55. The third-order valence-corrected chi connectivity index (χ3v) is 14.1. The monoisotopic (exact) mass is 648 g/mol. The maximum atomic E-state index is 12.1. The lowest BCUT2D eigenvalue weighted by atomic mass is 9.53. The third kappa shape index (κ3) is 7.89. The van der Waals surface area contributed by atoms with Crippen molar-refractivity contribution in [3.63, 3.8) is 0 Å². The van der Waals surface area contributed by atoms with Gasteiger partial charge in [-0.25, -0.2) is 29.2 Å². The van der Waals surface area contributed by atoms with Gasteiger partial charge in [-0.05, 0) is 135 Å². The number of hydrogen-bond donors (Lipinski definition) is 0. The standard InChI is InChI=1S/C39H60N4O4/c1-24-9-32(10-25(2)36(24)40-20-44)17-34-13-28(5)38(42-22-46,29(6)14-34)19-39(43-23-47)30(7)15-35(16-31(39)8)18-33-11-26(3)37(41-21-45)27(4)12-33/h24-37H,9-19H2,1-8H3. The fourth-order valence-corrected chi connectivity index (χ4v) is 12.1. The van der Waals surface area contributed by atoms with Crippen molar-refractivity contribution < 1.29 is 19.2 Å². The van der Waals surface area contributed by atoms with Crippen LogP contribution in [0.1, 0.15) is 126 Å². The Balaban J connectivity index is 1.48. The number of isocyanates is 4. The molecular weight excluding hydrogens is 588 g/mol. The molecule has 0 bridgehead atoms. The second kappa shape index (κ2) is 15.8. The van der Waals surface area contributed by atoms with Crippen LogP contribution in [0.25, 0.3) is 0 Å². The molecule has 0 saturated heterocycles. The van der Waals surface area contributed by atoms with Crippen LogP contribution in [0.15, 0.2) is 20.0 Å². The van der Waals surface area contributed by atoms with Crippen LogP contribution in [0.2, 0.25) is 0 Å². The molecule has 4 fully saturated rings. The van der Waals surface area contributed by atoms with Crippen LogP contribution in [0.5, 0.6) is 0 Å². The zero-order valence-corrected chi connectivity index (χ0v) is 30.3. The zero-order chi connectivity index (χ0) is 34.5. The number of nitrogens with zero attached hydrogens (tertiary/aromatic N) is 4. The van der Waals surface area contributed by atoms with Crippen molar-refractivity contribution in [3.05, 3.63) is 0 Å². The minimum atomic E-state index is -0.618. The number of hydrogen-bond acceptors (Lipinski definition) is 8. The average Bonchev–Trinajstić information content (AvgIpc) is 2.98. The summed E-state index contributed by atoms with van der Waals surface area (Å²) in [5, 5.41) is 0. The average molecular weight is 649 g/mol. The van der Waals surface area contributed by atoms with Gasteiger partial charge >= 0.3 is 0 Å². The molecule has 4 aliphatic carbocycles. The van der Waals surface area contributed by atoms with Gasteiger partial charge in [-0.15, -0.1) is 0 Å². The van der Waals surface area contributed by atoms with Gasteiger partial charge in [0.15, 0.2) is 0 Å². The highest BCUT2D eigenvalue weighted by molar-refractivity contribution is 5.38. The van der Waals surface area contributed by atoms with E-state index in [2.05, 4.69) is 75.4 Å². The molecule has 4 saturated carbocycles. The molecule has 0 heterocycles. The Morgan fingerprint density at radius 3 is 0.979 bits per heavy atom. The Kier molecular flexibility index (Phi) is 12.6. The van der Waals surface area contributed by atoms with Crippen molar-refractivity contribution in [3.8, 4) is 0 Å². The summed E-state index contributed by atoms with van der Waals surface area (Å²) in [6.07, 6.45) is 18.7. The Morgan fingerprint density at radius 2 is 0.723 bits per heavy atom. The smallest absolute Gasteiger partial charge is 0.211 e. The summed E-state index contributed by atoms with van der Waals surface area (Å²) in [7, 11) is 0. The highest BCUT2D eigenvalue weighted by Gasteiger charge is 2.57. The Hall–Kier alpha value is -2.48. The van der Waals surface area contributed by atoms with Crippen LogP contribution >= 0.6 is 0 Å². The Labute approximate surface area is 283 Å². The highest BCUT2D eigenvalue weighted by Crippen LogP contribution is 2.56. The topological polar surface area (TPSA) is 118 Å². The van der Waals surface area contributed by atoms with Gasteiger partial charge in [0.2, 0.25) is 24.3 Å². The first-order valence-electron chi connectivity index (χ1n) is 18.7. The second-order valence-electron chi connectivity index (χ2n) is 17.3. The van der Waals surface area contributed by atoms with E-state index in [0.717, 1.165) is 64.2 Å². The molecule has 8 nitrogen and oxygen atoms in total. The van der Waals surface area contributed by atoms with Crippen LogP contribution < -0.4 is 0 Å². The lowest BCUT2D eigenvalue weighted by molar-refractivity contribution is -0.000495. The van der Waals surface area contributed by atoms with E-state index in [1.54, 1.807) is 12.2 Å². The van der Waals surface area contributed by atoms with Gasteiger partial charge in [0, 0.05) is 6.42 Å². The van der Waals surface area contributed by atoms with Gasteiger partial charge in [-0.1, -0.05) is 55.4 Å². The first-order chi connectivity index (χ1) is 22.3. The van der Waals surface area contributed by atoms with Crippen molar-refractivity contribution in [2.75, 3.05) is 0 Å². The van der Waals surface area contributed by atoms with E-state index in [9.17, 15) is 19.2 Å². The SMILES string of the molecule is CC1CC(CC2CC(C)C(CC3(N=C=O)C(C)CC(CC4CC(C)C(N=C=O)C(C)C4)CC3C)(N=C=O)C(C)C2)CC(C)C1N=C=O. The predicted octanol–water partition coefficient (Wildman–Crippen LogP) is 8.44. The van der Waals surface area contributed by atoms with E-state index in [1.807, 2.05) is 12.2 Å². The van der Waals surface area contributed by atoms with Gasteiger partial charge in [0.05, 0.1) is 23.2 Å². The Bertz CT molecular complexity index is 1130. The van der Waals surface area contributed by atoms with Crippen molar-refractivity contribution in [1.82, 2.24) is 0 Å². The fraction of sp³-hybridized carbons (Fsp3) is 0.897. The quantitative estimate of drug-likeness (QED) is 0.174. The summed E-state index contributed by atoms with van der Waals surface area (Å²) in [5.41, 5.74) is -1.24. The third-order valence-electron chi connectivity index (χ3n) is 14.1. The molecule has 0 aliphatic heterocycles. The summed E-state index contributed by atoms with van der Waals surface area (Å²) in [6.45, 7) is 17.8. The second-order valence-corrected chi connectivity index (χ2v) is 17.3. The molecule has 4 rings (SSSR count). The van der Waals surface area contributed by atoms with Gasteiger partial charge in [0.1, 0.15) is 0 Å². The summed E-state index contributed by atoms with van der Waals surface area (Å²) >= 11 is 0. The van der Waals surface area contributed by atoms with Gasteiger partial charge < -0.3 is 0 Å². The first-order valence-corrected chi connectivity index (χ1v) is 18.7. The van der Waals surface area contributed by atoms with Crippen LogP contribution in [0, 0.1) is 71.0 Å². The van der Waals surface area contributed by atoms with Gasteiger partial charge in [-0.3, -0.25) is 0 Å². The molecule has 8 heteroatoms. The molecule has 0 spiro atoms. The summed E-state index contributed by atoms with van der Waals surface area (Å²) < 4.78 is 0. The molecule has 0 aromatic rings. The van der Waals surface area contributed by atoms with Crippen molar-refractivity contribution in [2.45, 2.75) is 149 Å². The minimum Gasteiger partial charge on any atom is -0.211 e. The number of rotatable bonds is 10. The van der Waals surface area contributed by atoms with Crippen LogP contribution in [0.3, 0.4) is 0 Å². The summed E-state index contributed by atoms with van der Waals surface area (Å²) in [6, 6.07) is 0.142. The molecule has 0 amide bonds. The summed E-state index contributed by atoms with van der Waals surface area (Å²) in [4.78, 5) is 63.8. The van der Waals surface area contributed by atoms with E-state index in [-0.39, 0.29) is 35.8 Å². The molecule has 8 atom stereocenters. The van der Waals surface area contributed by atoms with E-state index in [4.69, 9.17) is 0 Å². The molecule has 0 aromatic carbocycles. The van der Waals surface area contributed by atoms with Crippen LogP contribution in [-0.4, -0.2) is 47.5 Å². The van der Waals surface area contributed by atoms with Crippen molar-refractivity contribution in [2.24, 2.45) is 91.0 Å². The fourth-order valence-electron chi connectivity index (χ4n) is 12.1. The molecule has 260 valence electrons. The van der Waals surface area contributed by atoms with E-state index < -0.39 is 11.1 Å².